The van der Waals surface area contributed by atoms with Crippen molar-refractivity contribution in [1.29, 1.82) is 0 Å². The number of fused-ring (bicyclic) bond motifs is 1. The Morgan fingerprint density at radius 2 is 1.66 bits per heavy atom. The Kier molecular flexibility index (Phi) is 6.17. The zero-order valence-electron chi connectivity index (χ0n) is 18.1. The van der Waals surface area contributed by atoms with E-state index in [9.17, 15) is 19.1 Å². The van der Waals surface area contributed by atoms with E-state index < -0.39 is 17.9 Å². The fourth-order valence-electron chi connectivity index (χ4n) is 5.04. The molecule has 3 N–H and O–H groups in total. The number of rotatable bonds is 4. The highest BCUT2D eigenvalue weighted by molar-refractivity contribution is 5.89. The highest BCUT2D eigenvalue weighted by Gasteiger charge is 2.48. The van der Waals surface area contributed by atoms with Crippen LogP contribution in [-0.2, 0) is 9.59 Å². The maximum atomic E-state index is 13.2. The fraction of sp³-hybridized carbons (Fsp3) is 0.417. The molecule has 7 nitrogen and oxygen atoms in total. The van der Waals surface area contributed by atoms with Gasteiger partial charge in [-0.1, -0.05) is 31.2 Å². The van der Waals surface area contributed by atoms with E-state index in [1.165, 1.54) is 17.6 Å². The summed E-state index contributed by atoms with van der Waals surface area (Å²) in [7, 11) is 0. The summed E-state index contributed by atoms with van der Waals surface area (Å²) < 4.78 is 13.2. The van der Waals surface area contributed by atoms with Gasteiger partial charge in [-0.15, -0.1) is 0 Å². The molecule has 2 aromatic carbocycles. The molecule has 2 aliphatic rings. The summed E-state index contributed by atoms with van der Waals surface area (Å²) in [6.07, 6.45) is -1.20. The number of nitrogens with one attached hydrogen (secondary N) is 1. The molecular weight excluding hydrogens is 413 g/mol. The van der Waals surface area contributed by atoms with Crippen LogP contribution in [0.2, 0.25) is 0 Å². The van der Waals surface area contributed by atoms with Gasteiger partial charge in [-0.2, -0.15) is 0 Å². The quantitative estimate of drug-likeness (QED) is 0.501. The lowest BCUT2D eigenvalue weighted by atomic mass is 9.78. The summed E-state index contributed by atoms with van der Waals surface area (Å²) in [6.45, 7) is 5.27. The number of amides is 2. The van der Waals surface area contributed by atoms with Crippen molar-refractivity contribution in [2.24, 2.45) is 11.8 Å². The van der Waals surface area contributed by atoms with Gasteiger partial charge < -0.3 is 14.9 Å². The average Bonchev–Trinajstić information content (AvgIpc) is 2.80. The van der Waals surface area contributed by atoms with E-state index in [1.807, 2.05) is 38.1 Å². The Balaban J connectivity index is 1.51. The predicted molar refractivity (Wildman–Crippen MR) is 117 cm³/mol. The maximum Gasteiger partial charge on any atom is 0.272 e. The normalized spacial score (nSPS) is 26.5. The van der Waals surface area contributed by atoms with E-state index in [1.54, 1.807) is 17.0 Å². The number of hydroxylamine groups is 1. The molecular formula is C24H28FN3O4. The second kappa shape index (κ2) is 8.88. The summed E-state index contributed by atoms with van der Waals surface area (Å²) in [6, 6.07) is 14.3. The van der Waals surface area contributed by atoms with Gasteiger partial charge in [0.15, 0.2) is 0 Å². The van der Waals surface area contributed by atoms with Crippen LogP contribution >= 0.6 is 0 Å². The summed E-state index contributed by atoms with van der Waals surface area (Å²) in [5.74, 6) is -2.26. The highest BCUT2D eigenvalue weighted by atomic mass is 19.1. The minimum absolute atomic E-state index is 0.0383. The number of benzene rings is 2. The van der Waals surface area contributed by atoms with E-state index in [-0.39, 0.29) is 29.7 Å². The molecule has 0 spiro atoms. The van der Waals surface area contributed by atoms with E-state index in [0.29, 0.717) is 19.5 Å². The number of nitrogens with zero attached hydrogens (tertiary/aromatic N) is 2. The van der Waals surface area contributed by atoms with Crippen LogP contribution in [0.3, 0.4) is 0 Å². The number of piperidine rings is 1. The van der Waals surface area contributed by atoms with E-state index >= 15 is 0 Å². The monoisotopic (exact) mass is 441 g/mol. The Labute approximate surface area is 186 Å². The molecule has 0 aliphatic carbocycles. The molecule has 2 heterocycles. The number of carbonyl (C=O) groups is 2. The van der Waals surface area contributed by atoms with E-state index in [0.717, 1.165) is 16.8 Å². The summed E-state index contributed by atoms with van der Waals surface area (Å²) >= 11 is 0. The summed E-state index contributed by atoms with van der Waals surface area (Å²) in [5, 5.41) is 19.1. The molecule has 4 rings (SSSR count). The fourth-order valence-corrected chi connectivity index (χ4v) is 5.04. The topological polar surface area (TPSA) is 93.1 Å². The first kappa shape index (κ1) is 22.2. The van der Waals surface area contributed by atoms with Gasteiger partial charge in [0.05, 0.1) is 12.0 Å². The third-order valence-electron chi connectivity index (χ3n) is 6.75. The number of anilines is 1. The molecule has 2 amide bonds. The van der Waals surface area contributed by atoms with Crippen molar-refractivity contribution < 1.29 is 24.3 Å². The Hall–Kier alpha value is -2.97. The first-order valence-electron chi connectivity index (χ1n) is 10.8. The smallest absolute Gasteiger partial charge is 0.272 e. The SMILES string of the molecule is CC1C[C@@H]([C@H](O)C(=O)NO)C(=O)N2C(C)CN(c3ccc(-c4ccc(F)cc4)cc3)CC12. The molecule has 5 atom stereocenters. The first-order valence-corrected chi connectivity index (χ1v) is 10.8. The Morgan fingerprint density at radius 3 is 2.25 bits per heavy atom. The van der Waals surface area contributed by atoms with Crippen molar-refractivity contribution in [1.82, 2.24) is 10.4 Å². The van der Waals surface area contributed by atoms with Gasteiger partial charge >= 0.3 is 0 Å². The van der Waals surface area contributed by atoms with Crippen LogP contribution in [0.4, 0.5) is 10.1 Å². The van der Waals surface area contributed by atoms with Gasteiger partial charge in [0.25, 0.3) is 5.91 Å². The van der Waals surface area contributed by atoms with Gasteiger partial charge in [0.2, 0.25) is 5.91 Å². The largest absolute Gasteiger partial charge is 0.382 e. The van der Waals surface area contributed by atoms with Crippen molar-refractivity contribution in [3.63, 3.8) is 0 Å². The third-order valence-corrected chi connectivity index (χ3v) is 6.75. The van der Waals surface area contributed by atoms with Crippen LogP contribution in [0, 0.1) is 17.7 Å². The zero-order valence-corrected chi connectivity index (χ0v) is 18.1. The molecule has 2 aromatic rings. The average molecular weight is 442 g/mol. The molecule has 0 radical (unpaired) electrons. The Bertz CT molecular complexity index is 982. The van der Waals surface area contributed by atoms with Crippen LogP contribution in [0.1, 0.15) is 20.3 Å². The minimum Gasteiger partial charge on any atom is -0.382 e. The number of hydrogen-bond acceptors (Lipinski definition) is 5. The maximum absolute atomic E-state index is 13.2. The number of aliphatic hydroxyl groups excluding tert-OH is 1. The first-order chi connectivity index (χ1) is 15.3. The third kappa shape index (κ3) is 4.08. The second-order valence-electron chi connectivity index (χ2n) is 8.86. The lowest BCUT2D eigenvalue weighted by Gasteiger charge is -2.53. The van der Waals surface area contributed by atoms with Crippen LogP contribution in [0.5, 0.6) is 0 Å². The van der Waals surface area contributed by atoms with Gasteiger partial charge in [-0.05, 0) is 54.7 Å². The minimum atomic E-state index is -1.57. The van der Waals surface area contributed by atoms with Gasteiger partial charge in [0.1, 0.15) is 11.9 Å². The highest BCUT2D eigenvalue weighted by Crippen LogP contribution is 2.36. The molecule has 0 aromatic heterocycles. The predicted octanol–water partition coefficient (Wildman–Crippen LogP) is 2.42. The Morgan fingerprint density at radius 1 is 1.06 bits per heavy atom. The van der Waals surface area contributed by atoms with Crippen molar-refractivity contribution in [3.8, 4) is 11.1 Å². The van der Waals surface area contributed by atoms with Gasteiger partial charge in [-0.25, -0.2) is 9.87 Å². The number of hydrogen-bond donors (Lipinski definition) is 3. The number of carbonyl (C=O) groups excluding carboxylic acids is 2. The molecule has 2 aliphatic heterocycles. The summed E-state index contributed by atoms with van der Waals surface area (Å²) in [5.41, 5.74) is 4.43. The number of halogens is 1. The van der Waals surface area contributed by atoms with Crippen LogP contribution < -0.4 is 10.4 Å². The van der Waals surface area contributed by atoms with Crippen molar-refractivity contribution in [2.45, 2.75) is 38.5 Å². The standard InChI is InChI=1S/C24H28FN3O4/c1-14-11-20(22(29)23(30)26-32)24(31)28-15(2)12-27(13-21(14)28)19-9-5-17(6-10-19)16-3-7-18(25)8-4-16/h3-10,14-15,20-22,29,32H,11-13H2,1-2H3,(H,26,30)/t14?,15?,20-,21?,22-/m0/s1. The number of aliphatic hydroxyl groups is 1. The molecule has 8 heteroatoms. The summed E-state index contributed by atoms with van der Waals surface area (Å²) in [4.78, 5) is 28.8. The van der Waals surface area contributed by atoms with Gasteiger partial charge in [0, 0.05) is 24.8 Å². The van der Waals surface area contributed by atoms with Crippen molar-refractivity contribution in [2.75, 3.05) is 18.0 Å². The van der Waals surface area contributed by atoms with Crippen LogP contribution in [0.25, 0.3) is 11.1 Å². The molecule has 2 fully saturated rings. The van der Waals surface area contributed by atoms with Crippen molar-refractivity contribution >= 4 is 17.5 Å². The lowest BCUT2D eigenvalue weighted by molar-refractivity contribution is -0.160. The number of piperazine rings is 1. The lowest BCUT2D eigenvalue weighted by Crippen LogP contribution is -2.67. The second-order valence-corrected chi connectivity index (χ2v) is 8.86. The zero-order chi connectivity index (χ0) is 23.0. The molecule has 0 saturated carbocycles. The molecule has 0 bridgehead atoms. The van der Waals surface area contributed by atoms with Crippen molar-refractivity contribution in [3.05, 3.63) is 54.3 Å². The van der Waals surface area contributed by atoms with E-state index in [2.05, 4.69) is 4.90 Å². The van der Waals surface area contributed by atoms with Crippen LogP contribution in [-0.4, -0.2) is 58.3 Å². The molecule has 170 valence electrons. The molecule has 3 unspecified atom stereocenters. The molecule has 32 heavy (non-hydrogen) atoms. The van der Waals surface area contributed by atoms with Gasteiger partial charge in [-0.3, -0.25) is 14.8 Å². The molecule has 2 saturated heterocycles. The van der Waals surface area contributed by atoms with Crippen LogP contribution in [0.15, 0.2) is 48.5 Å². The van der Waals surface area contributed by atoms with E-state index in [4.69, 9.17) is 5.21 Å².